The quantitative estimate of drug-likeness (QED) is 0.107. The first-order valence-corrected chi connectivity index (χ1v) is 14.5. The van der Waals surface area contributed by atoms with E-state index in [9.17, 15) is 4.79 Å². The van der Waals surface area contributed by atoms with Gasteiger partial charge < -0.3 is 4.74 Å². The molecule has 1 fully saturated rings. The minimum absolute atomic E-state index is 0.0842. The fourth-order valence-corrected chi connectivity index (χ4v) is 5.65. The lowest BCUT2D eigenvalue weighted by atomic mass is 10.1. The first-order chi connectivity index (χ1) is 19.1. The third kappa shape index (κ3) is 6.67. The highest BCUT2D eigenvalue weighted by atomic mass is 32.2. The summed E-state index contributed by atoms with van der Waals surface area (Å²) in [6.45, 7) is 3.39. The molecule has 39 heavy (non-hydrogen) atoms. The van der Waals surface area contributed by atoms with E-state index in [2.05, 4.69) is 6.92 Å². The van der Waals surface area contributed by atoms with Crippen molar-refractivity contribution < 1.29 is 9.53 Å². The molecule has 5 nitrogen and oxygen atoms in total. The van der Waals surface area contributed by atoms with Gasteiger partial charge in [0, 0.05) is 17.3 Å². The SMILES string of the molecule is CCCCCCOc1ccc(-c2nn(-c3ccccc3)cc2/C=C2\SC(=S)N(Cc3ccccc3)C2=O)cc1. The molecule has 0 aliphatic carbocycles. The molecule has 1 aliphatic heterocycles. The summed E-state index contributed by atoms with van der Waals surface area (Å²) in [5.74, 6) is 0.764. The molecule has 0 atom stereocenters. The molecule has 0 unspecified atom stereocenters. The Labute approximate surface area is 239 Å². The maximum Gasteiger partial charge on any atom is 0.266 e. The van der Waals surface area contributed by atoms with Crippen LogP contribution in [0.2, 0.25) is 0 Å². The fourth-order valence-electron chi connectivity index (χ4n) is 4.40. The normalized spacial score (nSPS) is 14.4. The van der Waals surface area contributed by atoms with E-state index in [-0.39, 0.29) is 5.91 Å². The Kier molecular flexibility index (Phi) is 8.91. The Morgan fingerprint density at radius 2 is 1.64 bits per heavy atom. The summed E-state index contributed by atoms with van der Waals surface area (Å²) >= 11 is 6.92. The van der Waals surface area contributed by atoms with Crippen LogP contribution in [0.5, 0.6) is 5.75 Å². The van der Waals surface area contributed by atoms with Crippen LogP contribution in [0.25, 0.3) is 23.0 Å². The summed E-state index contributed by atoms with van der Waals surface area (Å²) in [7, 11) is 0. The average molecular weight is 554 g/mol. The molecule has 5 rings (SSSR count). The van der Waals surface area contributed by atoms with E-state index in [1.165, 1.54) is 31.0 Å². The van der Waals surface area contributed by atoms with Crippen molar-refractivity contribution in [2.75, 3.05) is 6.61 Å². The first-order valence-electron chi connectivity index (χ1n) is 13.3. The fraction of sp³-hybridized carbons (Fsp3) is 0.219. The number of carbonyl (C=O) groups excluding carboxylic acids is 1. The summed E-state index contributed by atoms with van der Waals surface area (Å²) < 4.78 is 8.35. The van der Waals surface area contributed by atoms with Crippen LogP contribution in [0.1, 0.15) is 43.7 Å². The molecule has 0 N–H and O–H groups in total. The summed E-state index contributed by atoms with van der Waals surface area (Å²) in [5, 5.41) is 4.91. The monoisotopic (exact) mass is 553 g/mol. The second-order valence-electron chi connectivity index (χ2n) is 9.40. The second-order valence-corrected chi connectivity index (χ2v) is 11.1. The Balaban J connectivity index is 1.41. The predicted octanol–water partition coefficient (Wildman–Crippen LogP) is 7.90. The molecule has 1 aromatic heterocycles. The van der Waals surface area contributed by atoms with Crippen molar-refractivity contribution in [3.63, 3.8) is 0 Å². The van der Waals surface area contributed by atoms with Crippen LogP contribution in [0.4, 0.5) is 0 Å². The van der Waals surface area contributed by atoms with Gasteiger partial charge in [-0.2, -0.15) is 5.10 Å². The molecule has 1 aliphatic rings. The summed E-state index contributed by atoms with van der Waals surface area (Å²) in [4.78, 5) is 15.6. The van der Waals surface area contributed by atoms with Crippen LogP contribution in [0.3, 0.4) is 0 Å². The Hall–Kier alpha value is -3.68. The molecule has 4 aromatic rings. The van der Waals surface area contributed by atoms with Gasteiger partial charge in [-0.25, -0.2) is 4.68 Å². The van der Waals surface area contributed by atoms with Gasteiger partial charge in [0.05, 0.1) is 29.4 Å². The standard InChI is InChI=1S/C32H31N3O2S2/c1-2-3-4-11-20-37-28-18-16-25(17-19-28)30-26(23-35(33-30)27-14-9-6-10-15-27)21-29-31(36)34(32(38)39-29)22-24-12-7-5-8-13-24/h5-10,12-19,21,23H,2-4,11,20,22H2,1H3/b29-21-. The average Bonchev–Trinajstić information content (AvgIpc) is 3.51. The van der Waals surface area contributed by atoms with E-state index >= 15 is 0 Å². The lowest BCUT2D eigenvalue weighted by Crippen LogP contribution is -2.27. The molecule has 198 valence electrons. The van der Waals surface area contributed by atoms with Crippen LogP contribution >= 0.6 is 24.0 Å². The van der Waals surface area contributed by atoms with Crippen LogP contribution in [0.15, 0.2) is 96.0 Å². The number of thioether (sulfide) groups is 1. The molecule has 0 saturated carbocycles. The number of ether oxygens (including phenoxy) is 1. The van der Waals surface area contributed by atoms with E-state index in [0.717, 1.165) is 46.8 Å². The number of thiocarbonyl (C=S) groups is 1. The van der Waals surface area contributed by atoms with E-state index < -0.39 is 0 Å². The third-order valence-electron chi connectivity index (χ3n) is 6.50. The van der Waals surface area contributed by atoms with Crippen LogP contribution in [-0.2, 0) is 11.3 Å². The first kappa shape index (κ1) is 26.9. The number of rotatable bonds is 11. The van der Waals surface area contributed by atoms with Gasteiger partial charge in [0.25, 0.3) is 5.91 Å². The third-order valence-corrected chi connectivity index (χ3v) is 7.88. The summed E-state index contributed by atoms with van der Waals surface area (Å²) in [6, 6.07) is 27.9. The van der Waals surface area contributed by atoms with Gasteiger partial charge in [0.15, 0.2) is 0 Å². The second kappa shape index (κ2) is 12.9. The number of para-hydroxylation sites is 1. The molecular weight excluding hydrogens is 523 g/mol. The van der Waals surface area contributed by atoms with Gasteiger partial charge in [-0.15, -0.1) is 0 Å². The topological polar surface area (TPSA) is 47.4 Å². The van der Waals surface area contributed by atoms with Crippen molar-refractivity contribution in [3.8, 4) is 22.7 Å². The van der Waals surface area contributed by atoms with E-state index in [4.69, 9.17) is 22.1 Å². The maximum atomic E-state index is 13.4. The Morgan fingerprint density at radius 1 is 0.923 bits per heavy atom. The highest BCUT2D eigenvalue weighted by molar-refractivity contribution is 8.26. The van der Waals surface area contributed by atoms with Gasteiger partial charge in [-0.1, -0.05) is 98.7 Å². The van der Waals surface area contributed by atoms with Crippen molar-refractivity contribution in [1.29, 1.82) is 0 Å². The smallest absolute Gasteiger partial charge is 0.266 e. The summed E-state index contributed by atoms with van der Waals surface area (Å²) in [5.41, 5.74) is 4.59. The molecule has 0 radical (unpaired) electrons. The highest BCUT2D eigenvalue weighted by Gasteiger charge is 2.32. The van der Waals surface area contributed by atoms with Crippen LogP contribution in [-0.4, -0.2) is 31.5 Å². The summed E-state index contributed by atoms with van der Waals surface area (Å²) in [6.07, 6.45) is 8.57. The largest absolute Gasteiger partial charge is 0.494 e. The van der Waals surface area contributed by atoms with Crippen molar-refractivity contribution in [2.45, 2.75) is 39.2 Å². The van der Waals surface area contributed by atoms with Crippen molar-refractivity contribution in [1.82, 2.24) is 14.7 Å². The van der Waals surface area contributed by atoms with Crippen molar-refractivity contribution in [2.24, 2.45) is 0 Å². The number of nitrogens with zero attached hydrogens (tertiary/aromatic N) is 3. The zero-order chi connectivity index (χ0) is 27.0. The lowest BCUT2D eigenvalue weighted by Gasteiger charge is -2.14. The number of aromatic nitrogens is 2. The van der Waals surface area contributed by atoms with E-state index in [1.807, 2.05) is 102 Å². The van der Waals surface area contributed by atoms with Gasteiger partial charge in [0.1, 0.15) is 10.1 Å². The molecule has 1 saturated heterocycles. The molecule has 7 heteroatoms. The number of hydrogen-bond acceptors (Lipinski definition) is 5. The Bertz CT molecular complexity index is 1450. The van der Waals surface area contributed by atoms with E-state index in [1.54, 1.807) is 4.90 Å². The van der Waals surface area contributed by atoms with Gasteiger partial charge >= 0.3 is 0 Å². The molecule has 1 amide bonds. The molecular formula is C32H31N3O2S2. The minimum Gasteiger partial charge on any atom is -0.494 e. The van der Waals surface area contributed by atoms with Crippen molar-refractivity contribution in [3.05, 3.63) is 107 Å². The molecule has 3 aromatic carbocycles. The van der Waals surface area contributed by atoms with Crippen LogP contribution < -0.4 is 4.74 Å². The lowest BCUT2D eigenvalue weighted by molar-refractivity contribution is -0.122. The number of carbonyl (C=O) groups is 1. The zero-order valence-corrected chi connectivity index (χ0v) is 23.6. The number of benzene rings is 3. The minimum atomic E-state index is -0.0842. The number of unbranched alkanes of at least 4 members (excludes halogenated alkanes) is 3. The molecule has 0 spiro atoms. The van der Waals surface area contributed by atoms with Gasteiger partial charge in [0.2, 0.25) is 0 Å². The highest BCUT2D eigenvalue weighted by Crippen LogP contribution is 2.36. The van der Waals surface area contributed by atoms with Crippen molar-refractivity contribution >= 4 is 40.3 Å². The Morgan fingerprint density at radius 3 is 2.36 bits per heavy atom. The van der Waals surface area contributed by atoms with E-state index in [0.29, 0.717) is 15.8 Å². The maximum absolute atomic E-state index is 13.4. The molecule has 0 bridgehead atoms. The zero-order valence-electron chi connectivity index (χ0n) is 22.0. The predicted molar refractivity (Wildman–Crippen MR) is 164 cm³/mol. The number of amides is 1. The molecule has 2 heterocycles. The number of hydrogen-bond donors (Lipinski definition) is 0. The van der Waals surface area contributed by atoms with Gasteiger partial charge in [-0.05, 0) is 54.5 Å². The van der Waals surface area contributed by atoms with Gasteiger partial charge in [-0.3, -0.25) is 9.69 Å². The van der Waals surface area contributed by atoms with Crippen LogP contribution in [0, 0.1) is 0 Å².